The van der Waals surface area contributed by atoms with Gasteiger partial charge in [-0.2, -0.15) is 0 Å². The summed E-state index contributed by atoms with van der Waals surface area (Å²) < 4.78 is 10.7. The molecule has 3 aromatic rings. The Hall–Kier alpha value is -3.16. The van der Waals surface area contributed by atoms with E-state index in [1.807, 2.05) is 30.3 Å². The van der Waals surface area contributed by atoms with Crippen molar-refractivity contribution in [1.29, 1.82) is 0 Å². The summed E-state index contributed by atoms with van der Waals surface area (Å²) in [6.45, 7) is 3.55. The van der Waals surface area contributed by atoms with Crippen LogP contribution < -0.4 is 5.32 Å². The molecule has 0 saturated heterocycles. The van der Waals surface area contributed by atoms with Gasteiger partial charge in [0, 0.05) is 23.1 Å². The van der Waals surface area contributed by atoms with E-state index < -0.39 is 18.2 Å². The molecule has 0 saturated carbocycles. The highest BCUT2D eigenvalue weighted by molar-refractivity contribution is 6.30. The van der Waals surface area contributed by atoms with Crippen LogP contribution in [0.4, 0.5) is 10.5 Å². The van der Waals surface area contributed by atoms with Crippen LogP contribution in [0.3, 0.4) is 0 Å². The molecule has 0 aliphatic heterocycles. The second-order valence-corrected chi connectivity index (χ2v) is 7.60. The summed E-state index contributed by atoms with van der Waals surface area (Å²) in [5.74, 6) is -1.01. The standard InChI is InChI=1S/C23H23ClN2O5/c1-14(2)31-20(22(27)28)11-15-7-9-18(10-8-15)25-23(29)30-13-17-12-16-5-3-4-6-19(16)26-21(17)24/h3-10,12,14,20H,11,13H2,1-2H3,(H,25,29)(H,27,28). The molecule has 8 heteroatoms. The number of fused-ring (bicyclic) bond motifs is 1. The second kappa shape index (κ2) is 10.2. The van der Waals surface area contributed by atoms with Gasteiger partial charge in [-0.15, -0.1) is 0 Å². The van der Waals surface area contributed by atoms with Gasteiger partial charge in [-0.1, -0.05) is 41.9 Å². The van der Waals surface area contributed by atoms with E-state index in [4.69, 9.17) is 21.1 Å². The van der Waals surface area contributed by atoms with Crippen LogP contribution in [0.2, 0.25) is 5.15 Å². The fraction of sp³-hybridized carbons (Fsp3) is 0.261. The number of amides is 1. The predicted molar refractivity (Wildman–Crippen MR) is 118 cm³/mol. The fourth-order valence-corrected chi connectivity index (χ4v) is 3.20. The maximum absolute atomic E-state index is 12.1. The van der Waals surface area contributed by atoms with Crippen molar-refractivity contribution >= 4 is 40.3 Å². The van der Waals surface area contributed by atoms with Gasteiger partial charge < -0.3 is 14.6 Å². The van der Waals surface area contributed by atoms with Crippen LogP contribution in [-0.4, -0.2) is 34.4 Å². The number of para-hydroxylation sites is 1. The average molecular weight is 443 g/mol. The normalized spacial score (nSPS) is 12.0. The smallest absolute Gasteiger partial charge is 0.411 e. The third-order valence-electron chi connectivity index (χ3n) is 4.44. The number of halogens is 1. The zero-order valence-electron chi connectivity index (χ0n) is 17.2. The van der Waals surface area contributed by atoms with Crippen molar-refractivity contribution < 1.29 is 24.2 Å². The van der Waals surface area contributed by atoms with Crippen molar-refractivity contribution in [3.8, 4) is 0 Å². The minimum atomic E-state index is -1.01. The Morgan fingerprint density at radius 3 is 2.52 bits per heavy atom. The number of carbonyl (C=O) groups is 2. The minimum Gasteiger partial charge on any atom is -0.479 e. The third-order valence-corrected chi connectivity index (χ3v) is 4.77. The predicted octanol–water partition coefficient (Wildman–Crippen LogP) is 5.06. The van der Waals surface area contributed by atoms with E-state index in [1.54, 1.807) is 38.1 Å². The highest BCUT2D eigenvalue weighted by atomic mass is 35.5. The molecule has 1 unspecified atom stereocenters. The zero-order chi connectivity index (χ0) is 22.4. The summed E-state index contributed by atoms with van der Waals surface area (Å²) in [6.07, 6.45) is -1.53. The molecule has 162 valence electrons. The molecular weight excluding hydrogens is 420 g/mol. The van der Waals surface area contributed by atoms with Crippen molar-refractivity contribution in [3.63, 3.8) is 0 Å². The van der Waals surface area contributed by atoms with Crippen LogP contribution in [0, 0.1) is 0 Å². The van der Waals surface area contributed by atoms with Gasteiger partial charge in [-0.3, -0.25) is 5.32 Å². The summed E-state index contributed by atoms with van der Waals surface area (Å²) in [5, 5.41) is 13.1. The molecule has 0 radical (unpaired) electrons. The molecule has 1 aromatic heterocycles. The Morgan fingerprint density at radius 2 is 1.84 bits per heavy atom. The molecule has 2 aromatic carbocycles. The van der Waals surface area contributed by atoms with Crippen molar-refractivity contribution in [3.05, 3.63) is 70.9 Å². The molecule has 1 amide bonds. The number of benzene rings is 2. The number of ether oxygens (including phenoxy) is 2. The molecule has 7 nitrogen and oxygen atoms in total. The molecule has 1 atom stereocenters. The Morgan fingerprint density at radius 1 is 1.13 bits per heavy atom. The summed E-state index contributed by atoms with van der Waals surface area (Å²) in [7, 11) is 0. The van der Waals surface area contributed by atoms with Gasteiger partial charge in [-0.05, 0) is 43.7 Å². The van der Waals surface area contributed by atoms with Gasteiger partial charge >= 0.3 is 12.1 Å². The van der Waals surface area contributed by atoms with E-state index in [-0.39, 0.29) is 24.3 Å². The molecule has 0 aliphatic carbocycles. The summed E-state index contributed by atoms with van der Waals surface area (Å²) in [4.78, 5) is 27.8. The first-order valence-corrected chi connectivity index (χ1v) is 10.1. The first-order chi connectivity index (χ1) is 14.8. The third kappa shape index (κ3) is 6.41. The number of anilines is 1. The Kier molecular flexibility index (Phi) is 7.44. The van der Waals surface area contributed by atoms with E-state index in [1.165, 1.54) is 0 Å². The second-order valence-electron chi connectivity index (χ2n) is 7.24. The molecule has 31 heavy (non-hydrogen) atoms. The molecule has 2 N–H and O–H groups in total. The monoisotopic (exact) mass is 442 g/mol. The highest BCUT2D eigenvalue weighted by Gasteiger charge is 2.20. The van der Waals surface area contributed by atoms with Gasteiger partial charge in [0.2, 0.25) is 0 Å². The lowest BCUT2D eigenvalue weighted by atomic mass is 10.1. The summed E-state index contributed by atoms with van der Waals surface area (Å²) >= 11 is 6.18. The van der Waals surface area contributed by atoms with E-state index in [0.717, 1.165) is 16.5 Å². The average Bonchev–Trinajstić information content (AvgIpc) is 2.72. The van der Waals surface area contributed by atoms with Crippen molar-refractivity contribution in [2.45, 2.75) is 39.1 Å². The lowest BCUT2D eigenvalue weighted by molar-refractivity contribution is -0.153. The number of nitrogens with one attached hydrogen (secondary N) is 1. The topological polar surface area (TPSA) is 97.8 Å². The summed E-state index contributed by atoms with van der Waals surface area (Å²) in [6, 6.07) is 16.2. The molecule has 0 aliphatic rings. The Balaban J connectivity index is 1.56. The van der Waals surface area contributed by atoms with Crippen LogP contribution in [-0.2, 0) is 27.3 Å². The molecule has 1 heterocycles. The Bertz CT molecular complexity index is 1070. The van der Waals surface area contributed by atoms with Gasteiger partial charge in [0.15, 0.2) is 6.10 Å². The highest BCUT2D eigenvalue weighted by Crippen LogP contribution is 2.21. The number of carboxylic acid groups (broad SMARTS) is 1. The molecule has 0 bridgehead atoms. The zero-order valence-corrected chi connectivity index (χ0v) is 17.9. The number of nitrogens with zero attached hydrogens (tertiary/aromatic N) is 1. The van der Waals surface area contributed by atoms with Crippen molar-refractivity contribution in [2.24, 2.45) is 0 Å². The number of hydrogen-bond acceptors (Lipinski definition) is 5. The number of carboxylic acids is 1. The van der Waals surface area contributed by atoms with E-state index in [2.05, 4.69) is 10.3 Å². The van der Waals surface area contributed by atoms with Gasteiger partial charge in [0.25, 0.3) is 0 Å². The lowest BCUT2D eigenvalue weighted by Crippen LogP contribution is -2.29. The van der Waals surface area contributed by atoms with E-state index in [0.29, 0.717) is 11.3 Å². The number of carbonyl (C=O) groups excluding carboxylic acids is 1. The molecule has 0 spiro atoms. The number of aromatic nitrogens is 1. The SMILES string of the molecule is CC(C)OC(Cc1ccc(NC(=O)OCc2cc3ccccc3nc2Cl)cc1)C(=O)O. The summed E-state index contributed by atoms with van der Waals surface area (Å²) in [5.41, 5.74) is 2.68. The maximum atomic E-state index is 12.1. The fourth-order valence-electron chi connectivity index (χ4n) is 3.00. The van der Waals surface area contributed by atoms with Gasteiger partial charge in [0.1, 0.15) is 11.8 Å². The first-order valence-electron chi connectivity index (χ1n) is 9.77. The number of rotatable bonds is 8. The van der Waals surface area contributed by atoms with Crippen molar-refractivity contribution in [2.75, 3.05) is 5.32 Å². The van der Waals surface area contributed by atoms with Crippen molar-refractivity contribution in [1.82, 2.24) is 4.98 Å². The quantitative estimate of drug-likeness (QED) is 0.473. The van der Waals surface area contributed by atoms with E-state index in [9.17, 15) is 14.7 Å². The Labute approximate surface area is 185 Å². The number of aliphatic carboxylic acids is 1. The van der Waals surface area contributed by atoms with Gasteiger partial charge in [0.05, 0.1) is 11.6 Å². The van der Waals surface area contributed by atoms with Gasteiger partial charge in [-0.25, -0.2) is 14.6 Å². The largest absolute Gasteiger partial charge is 0.479 e. The minimum absolute atomic E-state index is 0.0204. The number of hydrogen-bond donors (Lipinski definition) is 2. The van der Waals surface area contributed by atoms with Crippen LogP contribution in [0.25, 0.3) is 10.9 Å². The van der Waals surface area contributed by atoms with Crippen LogP contribution >= 0.6 is 11.6 Å². The van der Waals surface area contributed by atoms with Crippen LogP contribution in [0.5, 0.6) is 0 Å². The maximum Gasteiger partial charge on any atom is 0.411 e. The lowest BCUT2D eigenvalue weighted by Gasteiger charge is -2.16. The number of pyridine rings is 1. The molecular formula is C23H23ClN2O5. The van der Waals surface area contributed by atoms with Crippen LogP contribution in [0.1, 0.15) is 25.0 Å². The van der Waals surface area contributed by atoms with E-state index >= 15 is 0 Å². The van der Waals surface area contributed by atoms with Crippen LogP contribution in [0.15, 0.2) is 54.6 Å². The molecule has 0 fully saturated rings. The molecule has 3 rings (SSSR count). The first kappa shape index (κ1) is 22.5.